The molecular formula is C12H7Cl2N3S2. The van der Waals surface area contributed by atoms with Crippen molar-refractivity contribution in [3.8, 4) is 21.8 Å². The summed E-state index contributed by atoms with van der Waals surface area (Å²) in [5.74, 6) is 0.470. The van der Waals surface area contributed by atoms with Crippen molar-refractivity contribution in [2.24, 2.45) is 0 Å². The van der Waals surface area contributed by atoms with Crippen LogP contribution >= 0.6 is 45.9 Å². The summed E-state index contributed by atoms with van der Waals surface area (Å²) in [6, 6.07) is 5.55. The molecule has 0 spiro atoms. The van der Waals surface area contributed by atoms with Crippen molar-refractivity contribution in [3.05, 3.63) is 38.4 Å². The molecule has 3 aromatic heterocycles. The molecule has 0 bridgehead atoms. The molecule has 0 aliphatic heterocycles. The topological polar surface area (TPSA) is 51.8 Å². The van der Waals surface area contributed by atoms with E-state index in [2.05, 4.69) is 9.97 Å². The first-order valence-electron chi connectivity index (χ1n) is 5.27. The molecule has 3 aromatic rings. The van der Waals surface area contributed by atoms with Gasteiger partial charge in [-0.3, -0.25) is 0 Å². The van der Waals surface area contributed by atoms with Crippen molar-refractivity contribution < 1.29 is 0 Å². The van der Waals surface area contributed by atoms with Gasteiger partial charge in [-0.1, -0.05) is 23.2 Å². The predicted molar refractivity (Wildman–Crippen MR) is 83.1 cm³/mol. The van der Waals surface area contributed by atoms with Crippen LogP contribution in [0.1, 0.15) is 0 Å². The molecule has 0 fully saturated rings. The lowest BCUT2D eigenvalue weighted by Crippen LogP contribution is -1.92. The van der Waals surface area contributed by atoms with Crippen LogP contribution in [0.25, 0.3) is 21.8 Å². The second-order valence-electron chi connectivity index (χ2n) is 3.71. The van der Waals surface area contributed by atoms with Crippen molar-refractivity contribution in [3.63, 3.8) is 0 Å². The fraction of sp³-hybridized carbons (Fsp3) is 0. The van der Waals surface area contributed by atoms with Crippen molar-refractivity contribution >= 4 is 51.7 Å². The van der Waals surface area contributed by atoms with E-state index in [0.717, 1.165) is 21.8 Å². The minimum atomic E-state index is 0.470. The average Bonchev–Trinajstić information content (AvgIpc) is 2.96. The minimum Gasteiger partial charge on any atom is -0.383 e. The lowest BCUT2D eigenvalue weighted by Gasteiger charge is -1.99. The van der Waals surface area contributed by atoms with Gasteiger partial charge in [-0.15, -0.1) is 22.7 Å². The van der Waals surface area contributed by atoms with Gasteiger partial charge in [0.1, 0.15) is 15.2 Å². The van der Waals surface area contributed by atoms with E-state index in [1.165, 1.54) is 22.7 Å². The molecule has 3 heterocycles. The highest BCUT2D eigenvalue weighted by molar-refractivity contribution is 7.20. The third-order valence-electron chi connectivity index (χ3n) is 2.51. The highest BCUT2D eigenvalue weighted by atomic mass is 35.5. The quantitative estimate of drug-likeness (QED) is 0.733. The average molecular weight is 328 g/mol. The lowest BCUT2D eigenvalue weighted by atomic mass is 10.2. The first kappa shape index (κ1) is 12.9. The Labute approximate surface area is 127 Å². The Morgan fingerprint density at radius 3 is 2.74 bits per heavy atom. The molecule has 0 radical (unpaired) electrons. The van der Waals surface area contributed by atoms with Crippen LogP contribution in [0.4, 0.5) is 5.82 Å². The van der Waals surface area contributed by atoms with Crippen LogP contribution in [0.15, 0.2) is 29.8 Å². The van der Waals surface area contributed by atoms with Gasteiger partial charge in [0.25, 0.3) is 0 Å². The van der Waals surface area contributed by atoms with Crippen LogP contribution in [0.2, 0.25) is 8.67 Å². The molecule has 3 rings (SSSR count). The third-order valence-corrected chi connectivity index (χ3v) is 4.87. The fourth-order valence-electron chi connectivity index (χ4n) is 1.63. The van der Waals surface area contributed by atoms with Gasteiger partial charge in [0.2, 0.25) is 0 Å². The monoisotopic (exact) mass is 327 g/mol. The van der Waals surface area contributed by atoms with E-state index in [4.69, 9.17) is 28.9 Å². The Bertz CT molecular complexity index is 736. The van der Waals surface area contributed by atoms with Gasteiger partial charge in [-0.25, -0.2) is 9.97 Å². The zero-order valence-electron chi connectivity index (χ0n) is 9.43. The maximum Gasteiger partial charge on any atom is 0.133 e. The van der Waals surface area contributed by atoms with E-state index in [-0.39, 0.29) is 0 Å². The van der Waals surface area contributed by atoms with Crippen LogP contribution < -0.4 is 5.73 Å². The van der Waals surface area contributed by atoms with Crippen LogP contribution in [-0.2, 0) is 0 Å². The molecule has 0 unspecified atom stereocenters. The number of thiazole rings is 1. The van der Waals surface area contributed by atoms with Gasteiger partial charge in [0.15, 0.2) is 0 Å². The van der Waals surface area contributed by atoms with Gasteiger partial charge < -0.3 is 5.73 Å². The second kappa shape index (κ2) is 5.09. The van der Waals surface area contributed by atoms with Gasteiger partial charge in [0, 0.05) is 17.1 Å². The first-order valence-corrected chi connectivity index (χ1v) is 7.72. The van der Waals surface area contributed by atoms with Crippen LogP contribution in [0.5, 0.6) is 0 Å². The normalized spacial score (nSPS) is 10.8. The standard InChI is InChI=1S/C12H7Cl2N3S2/c13-9-4-7(10(14)19-9)8-5-18-12(17-8)6-2-1-3-16-11(6)15/h1-5H,(H2,15,16). The minimum absolute atomic E-state index is 0.470. The summed E-state index contributed by atoms with van der Waals surface area (Å²) in [4.78, 5) is 8.61. The number of pyridine rings is 1. The van der Waals surface area contributed by atoms with E-state index in [1.807, 2.05) is 23.6 Å². The molecule has 96 valence electrons. The van der Waals surface area contributed by atoms with E-state index in [1.54, 1.807) is 6.20 Å². The number of hydrogen-bond donors (Lipinski definition) is 1. The molecule has 0 saturated carbocycles. The highest BCUT2D eigenvalue weighted by Gasteiger charge is 2.14. The number of rotatable bonds is 2. The SMILES string of the molecule is Nc1ncccc1-c1nc(-c2cc(Cl)sc2Cl)cs1. The Balaban J connectivity index is 2.05. The number of aromatic nitrogens is 2. The number of hydrogen-bond acceptors (Lipinski definition) is 5. The molecule has 3 nitrogen and oxygen atoms in total. The number of halogens is 2. The molecule has 0 aliphatic carbocycles. The Hall–Kier alpha value is -1.14. The summed E-state index contributed by atoms with van der Waals surface area (Å²) in [5.41, 5.74) is 8.33. The molecular weight excluding hydrogens is 321 g/mol. The summed E-state index contributed by atoms with van der Waals surface area (Å²) in [7, 11) is 0. The molecule has 0 amide bonds. The maximum atomic E-state index is 6.13. The molecule has 7 heteroatoms. The second-order valence-corrected chi connectivity index (χ2v) is 6.86. The van der Waals surface area contributed by atoms with Crippen molar-refractivity contribution in [1.82, 2.24) is 9.97 Å². The number of nitrogen functional groups attached to an aromatic ring is 1. The summed E-state index contributed by atoms with van der Waals surface area (Å²) in [6.45, 7) is 0. The maximum absolute atomic E-state index is 6.13. The largest absolute Gasteiger partial charge is 0.383 e. The molecule has 0 atom stereocenters. The first-order chi connectivity index (χ1) is 9.15. The number of anilines is 1. The zero-order valence-corrected chi connectivity index (χ0v) is 12.6. The smallest absolute Gasteiger partial charge is 0.133 e. The molecule has 2 N–H and O–H groups in total. The van der Waals surface area contributed by atoms with Gasteiger partial charge in [0.05, 0.1) is 15.6 Å². The Morgan fingerprint density at radius 1 is 1.21 bits per heavy atom. The van der Waals surface area contributed by atoms with E-state index in [9.17, 15) is 0 Å². The number of nitrogens with two attached hydrogens (primary N) is 1. The van der Waals surface area contributed by atoms with Gasteiger partial charge in [-0.2, -0.15) is 0 Å². The summed E-state index contributed by atoms with van der Waals surface area (Å²) in [6.07, 6.45) is 1.66. The van der Waals surface area contributed by atoms with Crippen molar-refractivity contribution in [1.29, 1.82) is 0 Å². The highest BCUT2D eigenvalue weighted by Crippen LogP contribution is 2.39. The lowest BCUT2D eigenvalue weighted by molar-refractivity contribution is 1.32. The third kappa shape index (κ3) is 2.47. The van der Waals surface area contributed by atoms with Gasteiger partial charge in [-0.05, 0) is 18.2 Å². The van der Waals surface area contributed by atoms with Crippen LogP contribution in [-0.4, -0.2) is 9.97 Å². The summed E-state index contributed by atoms with van der Waals surface area (Å²) in [5, 5.41) is 2.76. The number of thiophene rings is 1. The van der Waals surface area contributed by atoms with Crippen LogP contribution in [0, 0.1) is 0 Å². The zero-order chi connectivity index (χ0) is 13.4. The summed E-state index contributed by atoms with van der Waals surface area (Å²) >= 11 is 14.9. The molecule has 0 aliphatic rings. The van der Waals surface area contributed by atoms with E-state index >= 15 is 0 Å². The molecule has 19 heavy (non-hydrogen) atoms. The molecule has 0 aromatic carbocycles. The number of nitrogens with zero attached hydrogens (tertiary/aromatic N) is 2. The summed E-state index contributed by atoms with van der Waals surface area (Å²) < 4.78 is 1.29. The van der Waals surface area contributed by atoms with Crippen molar-refractivity contribution in [2.45, 2.75) is 0 Å². The Kier molecular flexibility index (Phi) is 3.45. The Morgan fingerprint density at radius 2 is 2.05 bits per heavy atom. The van der Waals surface area contributed by atoms with E-state index < -0.39 is 0 Å². The predicted octanol–water partition coefficient (Wildman–Crippen LogP) is 4.82. The van der Waals surface area contributed by atoms with Crippen molar-refractivity contribution in [2.75, 3.05) is 5.73 Å². The van der Waals surface area contributed by atoms with Crippen LogP contribution in [0.3, 0.4) is 0 Å². The molecule has 0 saturated heterocycles. The van der Waals surface area contributed by atoms with Gasteiger partial charge >= 0.3 is 0 Å². The van der Waals surface area contributed by atoms with E-state index in [0.29, 0.717) is 14.5 Å². The fourth-order valence-corrected chi connectivity index (χ4v) is 3.97.